The summed E-state index contributed by atoms with van der Waals surface area (Å²) in [6, 6.07) is 7.91. The van der Waals surface area contributed by atoms with Crippen LogP contribution in [0.3, 0.4) is 0 Å². The quantitative estimate of drug-likeness (QED) is 0.633. The van der Waals surface area contributed by atoms with Crippen molar-refractivity contribution in [1.82, 2.24) is 9.55 Å². The van der Waals surface area contributed by atoms with Gasteiger partial charge in [-0.2, -0.15) is 5.26 Å². The molecule has 0 unspecified atom stereocenters. The Labute approximate surface area is 114 Å². The van der Waals surface area contributed by atoms with Crippen LogP contribution in [0.2, 0.25) is 0 Å². The highest BCUT2D eigenvalue weighted by Gasteiger charge is 2.15. The lowest BCUT2D eigenvalue weighted by Crippen LogP contribution is -1.95. The topological polar surface area (TPSA) is 60.1 Å². The smallest absolute Gasteiger partial charge is 0.231 e. The monoisotopic (exact) mass is 273 g/mol. The van der Waals surface area contributed by atoms with Gasteiger partial charge in [-0.15, -0.1) is 0 Å². The van der Waals surface area contributed by atoms with E-state index in [0.29, 0.717) is 6.42 Å². The molecule has 3 rings (SSSR count). The minimum Gasteiger partial charge on any atom is -0.454 e. The molecule has 0 saturated heterocycles. The highest BCUT2D eigenvalue weighted by molar-refractivity contribution is 7.99. The standard InChI is InChI=1S/C13H11N3O2S/c14-4-1-7-19-13-15-5-6-16(13)10-2-3-11-12(8-10)18-9-17-11/h2-3,5-6,8H,1,7,9H2. The van der Waals surface area contributed by atoms with E-state index in [4.69, 9.17) is 14.7 Å². The molecule has 1 aliphatic rings. The number of imidazole rings is 1. The van der Waals surface area contributed by atoms with E-state index in [0.717, 1.165) is 28.1 Å². The maximum absolute atomic E-state index is 8.57. The van der Waals surface area contributed by atoms with Gasteiger partial charge < -0.3 is 9.47 Å². The Kier molecular flexibility index (Phi) is 3.29. The third-order valence-corrected chi connectivity index (χ3v) is 3.65. The van der Waals surface area contributed by atoms with Gasteiger partial charge in [0, 0.05) is 30.6 Å². The van der Waals surface area contributed by atoms with Crippen molar-refractivity contribution >= 4 is 11.8 Å². The van der Waals surface area contributed by atoms with Crippen LogP contribution in [0.4, 0.5) is 0 Å². The van der Waals surface area contributed by atoms with Gasteiger partial charge in [-0.1, -0.05) is 11.8 Å². The van der Waals surface area contributed by atoms with Crippen LogP contribution in [-0.2, 0) is 0 Å². The van der Waals surface area contributed by atoms with E-state index in [1.54, 1.807) is 18.0 Å². The van der Waals surface area contributed by atoms with E-state index in [1.165, 1.54) is 0 Å². The van der Waals surface area contributed by atoms with Gasteiger partial charge in [0.2, 0.25) is 6.79 Å². The predicted octanol–water partition coefficient (Wildman–Crippen LogP) is 2.61. The molecule has 0 saturated carbocycles. The van der Waals surface area contributed by atoms with Crippen molar-refractivity contribution in [3.63, 3.8) is 0 Å². The Hall–Kier alpha value is -2.13. The van der Waals surface area contributed by atoms with E-state index in [1.807, 2.05) is 29.0 Å². The average molecular weight is 273 g/mol. The molecule has 1 aliphatic heterocycles. The molecule has 2 aromatic rings. The van der Waals surface area contributed by atoms with Crippen LogP contribution in [0.5, 0.6) is 11.5 Å². The lowest BCUT2D eigenvalue weighted by molar-refractivity contribution is 0.174. The van der Waals surface area contributed by atoms with Crippen molar-refractivity contribution in [1.29, 1.82) is 5.26 Å². The fourth-order valence-electron chi connectivity index (χ4n) is 1.82. The third-order valence-electron chi connectivity index (χ3n) is 2.69. The van der Waals surface area contributed by atoms with Crippen LogP contribution in [0, 0.1) is 11.3 Å². The number of benzene rings is 1. The molecule has 0 spiro atoms. The zero-order valence-corrected chi connectivity index (χ0v) is 10.9. The van der Waals surface area contributed by atoms with Gasteiger partial charge in [-0.3, -0.25) is 4.57 Å². The van der Waals surface area contributed by atoms with Crippen LogP contribution in [-0.4, -0.2) is 22.1 Å². The SMILES string of the molecule is N#CCCSc1nccn1-c1ccc2c(c1)OCO2. The van der Waals surface area contributed by atoms with Gasteiger partial charge in [0.25, 0.3) is 0 Å². The fraction of sp³-hybridized carbons (Fsp3) is 0.231. The van der Waals surface area contributed by atoms with Gasteiger partial charge in [0.1, 0.15) is 0 Å². The number of fused-ring (bicyclic) bond motifs is 1. The minimum atomic E-state index is 0.270. The number of hydrogen-bond donors (Lipinski definition) is 0. The molecule has 5 nitrogen and oxygen atoms in total. The van der Waals surface area contributed by atoms with Gasteiger partial charge in [0.05, 0.1) is 11.8 Å². The number of thioether (sulfide) groups is 1. The zero-order chi connectivity index (χ0) is 13.1. The minimum absolute atomic E-state index is 0.270. The molecular weight excluding hydrogens is 262 g/mol. The molecule has 6 heteroatoms. The lowest BCUT2D eigenvalue weighted by Gasteiger charge is -2.07. The molecule has 0 fully saturated rings. The molecule has 0 amide bonds. The Morgan fingerprint density at radius 1 is 1.37 bits per heavy atom. The second-order valence-electron chi connectivity index (χ2n) is 3.87. The maximum Gasteiger partial charge on any atom is 0.231 e. The van der Waals surface area contributed by atoms with Crippen molar-refractivity contribution < 1.29 is 9.47 Å². The molecule has 19 heavy (non-hydrogen) atoms. The van der Waals surface area contributed by atoms with Crippen molar-refractivity contribution in [3.05, 3.63) is 30.6 Å². The molecule has 1 aromatic heterocycles. The molecule has 0 N–H and O–H groups in total. The summed E-state index contributed by atoms with van der Waals surface area (Å²) in [6.45, 7) is 0.270. The van der Waals surface area contributed by atoms with Crippen molar-refractivity contribution in [2.75, 3.05) is 12.5 Å². The van der Waals surface area contributed by atoms with Crippen LogP contribution < -0.4 is 9.47 Å². The van der Waals surface area contributed by atoms with E-state index >= 15 is 0 Å². The zero-order valence-electron chi connectivity index (χ0n) is 10.1. The van der Waals surface area contributed by atoms with Gasteiger partial charge in [-0.25, -0.2) is 4.98 Å². The second kappa shape index (κ2) is 5.24. The highest BCUT2D eigenvalue weighted by Crippen LogP contribution is 2.34. The van der Waals surface area contributed by atoms with Crippen LogP contribution in [0.15, 0.2) is 35.7 Å². The lowest BCUT2D eigenvalue weighted by atomic mass is 10.3. The first kappa shape index (κ1) is 11.9. The fourth-order valence-corrected chi connectivity index (χ4v) is 2.63. The number of rotatable bonds is 4. The number of aromatic nitrogens is 2. The first-order chi connectivity index (χ1) is 9.38. The van der Waals surface area contributed by atoms with Crippen molar-refractivity contribution in [2.24, 2.45) is 0 Å². The summed E-state index contributed by atoms with van der Waals surface area (Å²) < 4.78 is 12.6. The molecule has 0 aliphatic carbocycles. The Morgan fingerprint density at radius 2 is 2.26 bits per heavy atom. The largest absolute Gasteiger partial charge is 0.454 e. The third kappa shape index (κ3) is 2.37. The van der Waals surface area contributed by atoms with Crippen LogP contribution in [0.1, 0.15) is 6.42 Å². The summed E-state index contributed by atoms with van der Waals surface area (Å²) >= 11 is 1.56. The Balaban J connectivity index is 1.86. The summed E-state index contributed by atoms with van der Waals surface area (Å²) in [5.41, 5.74) is 0.973. The van der Waals surface area contributed by atoms with Crippen LogP contribution in [0.25, 0.3) is 5.69 Å². The molecule has 2 heterocycles. The Bertz CT molecular complexity index is 633. The summed E-state index contributed by atoms with van der Waals surface area (Å²) in [6.07, 6.45) is 4.16. The highest BCUT2D eigenvalue weighted by atomic mass is 32.2. The van der Waals surface area contributed by atoms with E-state index in [2.05, 4.69) is 11.1 Å². The number of nitriles is 1. The van der Waals surface area contributed by atoms with Crippen LogP contribution >= 0.6 is 11.8 Å². The van der Waals surface area contributed by atoms with Gasteiger partial charge in [-0.05, 0) is 12.1 Å². The predicted molar refractivity (Wildman–Crippen MR) is 70.6 cm³/mol. The summed E-state index contributed by atoms with van der Waals surface area (Å²) in [5.74, 6) is 2.25. The first-order valence-corrected chi connectivity index (χ1v) is 6.80. The van der Waals surface area contributed by atoms with Gasteiger partial charge >= 0.3 is 0 Å². The summed E-state index contributed by atoms with van der Waals surface area (Å²) in [4.78, 5) is 4.30. The number of hydrogen-bond acceptors (Lipinski definition) is 5. The number of nitrogens with zero attached hydrogens (tertiary/aromatic N) is 3. The summed E-state index contributed by atoms with van der Waals surface area (Å²) in [7, 11) is 0. The second-order valence-corrected chi connectivity index (χ2v) is 4.94. The van der Waals surface area contributed by atoms with Crippen molar-refractivity contribution in [3.8, 4) is 23.3 Å². The van der Waals surface area contributed by atoms with E-state index in [9.17, 15) is 0 Å². The molecule has 0 atom stereocenters. The van der Waals surface area contributed by atoms with E-state index < -0.39 is 0 Å². The Morgan fingerprint density at radius 3 is 3.16 bits per heavy atom. The normalized spacial score (nSPS) is 12.4. The molecule has 1 aromatic carbocycles. The average Bonchev–Trinajstić information content (AvgIpc) is 3.06. The van der Waals surface area contributed by atoms with Crippen molar-refractivity contribution in [2.45, 2.75) is 11.6 Å². The first-order valence-electron chi connectivity index (χ1n) is 5.81. The van der Waals surface area contributed by atoms with E-state index in [-0.39, 0.29) is 6.79 Å². The van der Waals surface area contributed by atoms with Gasteiger partial charge in [0.15, 0.2) is 16.7 Å². The number of ether oxygens (including phenoxy) is 2. The molecule has 96 valence electrons. The maximum atomic E-state index is 8.57. The molecule has 0 radical (unpaired) electrons. The molecular formula is C13H11N3O2S. The molecule has 0 bridgehead atoms. The summed E-state index contributed by atoms with van der Waals surface area (Å²) in [5, 5.41) is 9.44.